The Hall–Kier alpha value is -4.78. The van der Waals surface area contributed by atoms with Crippen molar-refractivity contribution < 1.29 is 50.9 Å². The Labute approximate surface area is 267 Å². The lowest BCUT2D eigenvalue weighted by Crippen LogP contribution is -2.60. The van der Waals surface area contributed by atoms with Crippen LogP contribution in [0.3, 0.4) is 0 Å². The Kier molecular flexibility index (Phi) is 9.13. The molecular weight excluding hydrogens is 627 g/mol. The molecular formula is C34H31F5N2O6. The molecule has 248 valence electrons. The van der Waals surface area contributed by atoms with Crippen LogP contribution in [0.4, 0.5) is 22.0 Å². The van der Waals surface area contributed by atoms with Crippen molar-refractivity contribution >= 4 is 17.7 Å². The number of amides is 1. The van der Waals surface area contributed by atoms with E-state index >= 15 is 0 Å². The predicted molar refractivity (Wildman–Crippen MR) is 159 cm³/mol. The minimum atomic E-state index is -4.71. The number of hydrogen-bond acceptors (Lipinski definition) is 7. The van der Waals surface area contributed by atoms with Crippen molar-refractivity contribution in [3.8, 4) is 16.9 Å². The number of methoxy groups -OCH3 is 2. The van der Waals surface area contributed by atoms with Gasteiger partial charge in [0, 0.05) is 24.1 Å². The van der Waals surface area contributed by atoms with Gasteiger partial charge in [-0.1, -0.05) is 30.3 Å². The zero-order valence-electron chi connectivity index (χ0n) is 25.7. The van der Waals surface area contributed by atoms with Gasteiger partial charge < -0.3 is 14.6 Å². The number of Topliss-reactive ketones (excluding diaryl/α,β-unsaturated/α-hetero) is 1. The fraction of sp³-hybridized carbons (Fsp3) is 0.324. The summed E-state index contributed by atoms with van der Waals surface area (Å²) in [6.07, 6.45) is -4.38. The Morgan fingerprint density at radius 1 is 1.00 bits per heavy atom. The minimum Gasteiger partial charge on any atom is -0.509 e. The normalized spacial score (nSPS) is 18.4. The fourth-order valence-electron chi connectivity index (χ4n) is 6.26. The molecule has 8 nitrogen and oxygen atoms in total. The first-order valence-corrected chi connectivity index (χ1v) is 14.7. The van der Waals surface area contributed by atoms with Crippen LogP contribution in [0.1, 0.15) is 53.2 Å². The van der Waals surface area contributed by atoms with Crippen LogP contribution in [-0.2, 0) is 33.5 Å². The number of ether oxygens (including phenoxy) is 2. The van der Waals surface area contributed by atoms with E-state index in [0.29, 0.717) is 19.4 Å². The Morgan fingerprint density at radius 2 is 1.72 bits per heavy atom. The van der Waals surface area contributed by atoms with Crippen molar-refractivity contribution in [1.82, 2.24) is 10.0 Å². The average molecular weight is 659 g/mol. The molecule has 1 unspecified atom stereocenters. The lowest BCUT2D eigenvalue weighted by Gasteiger charge is -2.46. The minimum absolute atomic E-state index is 0.0283. The smallest absolute Gasteiger partial charge is 0.416 e. The van der Waals surface area contributed by atoms with Crippen LogP contribution in [0, 0.1) is 11.6 Å². The molecule has 1 amide bonds. The molecule has 1 fully saturated rings. The molecule has 0 bridgehead atoms. The number of hydrazine groups is 1. The molecule has 3 aromatic rings. The number of aliphatic hydroxyl groups is 1. The SMILES string of the molecule is COC(=O)c1cccc(-c2cc(C(F)(F)F)ccc2CCC(=O)C2=C(O)C3(C)CCCN3N(Cc3cccc(F)c3F)C2=O)c1OC. The number of para-hydroxylation sites is 1. The zero-order chi connectivity index (χ0) is 34.3. The standard InChI is InChI=1S/C34H31F5N2O6/c1-33-15-6-16-41(33)40(18-20-7-4-10-25(35)28(20)36)31(44)27(30(33)43)26(42)14-12-19-11-13-21(34(37,38)39)17-24(19)22-8-5-9-23(29(22)46-2)32(45)47-3/h4-5,7-11,13,17,43H,6,12,14-16,18H2,1-3H3. The molecule has 13 heteroatoms. The maximum absolute atomic E-state index is 14.6. The Morgan fingerprint density at radius 3 is 2.40 bits per heavy atom. The summed E-state index contributed by atoms with van der Waals surface area (Å²) >= 11 is 0. The van der Waals surface area contributed by atoms with Gasteiger partial charge in [0.05, 0.1) is 31.9 Å². The van der Waals surface area contributed by atoms with Gasteiger partial charge >= 0.3 is 12.1 Å². The van der Waals surface area contributed by atoms with Gasteiger partial charge in [0.25, 0.3) is 5.91 Å². The number of fused-ring (bicyclic) bond motifs is 1. The molecule has 0 aromatic heterocycles. The summed E-state index contributed by atoms with van der Waals surface area (Å²) in [5.41, 5.74) is -2.41. The first-order valence-electron chi connectivity index (χ1n) is 14.7. The number of rotatable bonds is 9. The van der Waals surface area contributed by atoms with Gasteiger partial charge in [-0.3, -0.25) is 14.6 Å². The van der Waals surface area contributed by atoms with Crippen LogP contribution in [0.15, 0.2) is 65.9 Å². The van der Waals surface area contributed by atoms with E-state index in [0.717, 1.165) is 30.3 Å². The second-order valence-corrected chi connectivity index (χ2v) is 11.5. The molecule has 2 aliphatic rings. The largest absolute Gasteiger partial charge is 0.509 e. The molecule has 5 rings (SSSR count). The molecule has 3 aromatic carbocycles. The van der Waals surface area contributed by atoms with Crippen molar-refractivity contribution in [1.29, 1.82) is 0 Å². The maximum Gasteiger partial charge on any atom is 0.416 e. The van der Waals surface area contributed by atoms with Crippen molar-refractivity contribution in [3.63, 3.8) is 0 Å². The molecule has 47 heavy (non-hydrogen) atoms. The van der Waals surface area contributed by atoms with Crippen molar-refractivity contribution in [2.24, 2.45) is 0 Å². The van der Waals surface area contributed by atoms with Gasteiger partial charge in [-0.15, -0.1) is 0 Å². The van der Waals surface area contributed by atoms with Gasteiger partial charge in [-0.05, 0) is 61.6 Å². The number of alkyl halides is 3. The van der Waals surface area contributed by atoms with Crippen molar-refractivity contribution in [2.45, 2.75) is 50.9 Å². The maximum atomic E-state index is 14.6. The molecule has 0 spiro atoms. The van der Waals surface area contributed by atoms with Crippen LogP contribution in [-0.4, -0.2) is 59.1 Å². The Bertz CT molecular complexity index is 1790. The predicted octanol–water partition coefficient (Wildman–Crippen LogP) is 6.57. The first kappa shape index (κ1) is 33.6. The molecule has 1 saturated heterocycles. The number of esters is 1. The highest BCUT2D eigenvalue weighted by molar-refractivity contribution is 6.20. The van der Waals surface area contributed by atoms with E-state index in [2.05, 4.69) is 0 Å². The molecule has 1 atom stereocenters. The van der Waals surface area contributed by atoms with Gasteiger partial charge in [0.15, 0.2) is 17.4 Å². The summed E-state index contributed by atoms with van der Waals surface area (Å²) in [5.74, 6) is -5.21. The topological polar surface area (TPSA) is 96.4 Å². The molecule has 0 aliphatic carbocycles. The molecule has 0 radical (unpaired) electrons. The van der Waals surface area contributed by atoms with Gasteiger partial charge in [-0.2, -0.15) is 13.2 Å². The van der Waals surface area contributed by atoms with E-state index in [1.165, 1.54) is 43.5 Å². The van der Waals surface area contributed by atoms with E-state index in [1.54, 1.807) is 11.9 Å². The Balaban J connectivity index is 1.51. The first-order chi connectivity index (χ1) is 22.2. The summed E-state index contributed by atoms with van der Waals surface area (Å²) in [7, 11) is 2.40. The number of nitrogens with zero attached hydrogens (tertiary/aromatic N) is 2. The summed E-state index contributed by atoms with van der Waals surface area (Å²) in [6.45, 7) is 1.55. The van der Waals surface area contributed by atoms with Crippen LogP contribution >= 0.6 is 0 Å². The van der Waals surface area contributed by atoms with Crippen LogP contribution in [0.2, 0.25) is 0 Å². The van der Waals surface area contributed by atoms with Crippen molar-refractivity contribution in [2.75, 3.05) is 20.8 Å². The van der Waals surface area contributed by atoms with Crippen LogP contribution < -0.4 is 4.74 Å². The van der Waals surface area contributed by atoms with Crippen molar-refractivity contribution in [3.05, 3.63) is 99.8 Å². The van der Waals surface area contributed by atoms with E-state index in [1.807, 2.05) is 0 Å². The number of carbonyl (C=O) groups excluding carboxylic acids is 3. The summed E-state index contributed by atoms with van der Waals surface area (Å²) in [6, 6.07) is 10.8. The summed E-state index contributed by atoms with van der Waals surface area (Å²) < 4.78 is 80.2. The lowest BCUT2D eigenvalue weighted by atomic mass is 9.87. The number of carbonyl (C=O) groups is 3. The molecule has 0 saturated carbocycles. The number of aryl methyl sites for hydroxylation is 1. The van der Waals surface area contributed by atoms with E-state index in [-0.39, 0.29) is 40.0 Å². The van der Waals surface area contributed by atoms with E-state index < -0.39 is 70.9 Å². The number of hydrogen-bond donors (Lipinski definition) is 1. The third kappa shape index (κ3) is 6.07. The summed E-state index contributed by atoms with van der Waals surface area (Å²) in [4.78, 5) is 39.9. The third-order valence-electron chi connectivity index (χ3n) is 8.69. The van der Waals surface area contributed by atoms with Crippen LogP contribution in [0.5, 0.6) is 5.75 Å². The molecule has 1 N–H and O–H groups in total. The number of ketones is 1. The number of benzene rings is 3. The lowest BCUT2D eigenvalue weighted by molar-refractivity contribution is -0.161. The molecule has 2 aliphatic heterocycles. The van der Waals surface area contributed by atoms with Gasteiger partial charge in [0.1, 0.15) is 22.6 Å². The third-order valence-corrected chi connectivity index (χ3v) is 8.69. The second-order valence-electron chi connectivity index (χ2n) is 11.5. The summed E-state index contributed by atoms with van der Waals surface area (Å²) in [5, 5.41) is 14.0. The second kappa shape index (κ2) is 12.8. The fourth-order valence-corrected chi connectivity index (χ4v) is 6.26. The van der Waals surface area contributed by atoms with Crippen LogP contribution in [0.25, 0.3) is 11.1 Å². The highest BCUT2D eigenvalue weighted by atomic mass is 19.4. The van der Waals surface area contributed by atoms with Gasteiger partial charge in [0.2, 0.25) is 0 Å². The molecule has 2 heterocycles. The highest BCUT2D eigenvalue weighted by Crippen LogP contribution is 2.43. The van der Waals surface area contributed by atoms with E-state index in [9.17, 15) is 41.4 Å². The number of aliphatic hydroxyl groups excluding tert-OH is 1. The quantitative estimate of drug-likeness (QED) is 0.158. The number of halogens is 5. The van der Waals surface area contributed by atoms with E-state index in [4.69, 9.17) is 9.47 Å². The highest BCUT2D eigenvalue weighted by Gasteiger charge is 2.52. The monoisotopic (exact) mass is 658 g/mol. The van der Waals surface area contributed by atoms with Gasteiger partial charge in [-0.25, -0.2) is 18.6 Å². The zero-order valence-corrected chi connectivity index (χ0v) is 25.7. The average Bonchev–Trinajstić information content (AvgIpc) is 3.45.